The lowest BCUT2D eigenvalue weighted by atomic mass is 10.2. The van der Waals surface area contributed by atoms with Crippen LogP contribution in [0.2, 0.25) is 0 Å². The van der Waals surface area contributed by atoms with E-state index in [9.17, 15) is 0 Å². The molecule has 0 aliphatic heterocycles. The topological polar surface area (TPSA) is 58.0 Å². The number of aliphatic hydroxyl groups is 1. The van der Waals surface area contributed by atoms with Gasteiger partial charge in [-0.1, -0.05) is 0 Å². The summed E-state index contributed by atoms with van der Waals surface area (Å²) in [7, 11) is 0. The fraction of sp³-hybridized carbons (Fsp3) is 0.600. The van der Waals surface area contributed by atoms with Gasteiger partial charge in [0.05, 0.1) is 6.61 Å². The molecule has 0 radical (unpaired) electrons. The van der Waals surface area contributed by atoms with Gasteiger partial charge in [-0.25, -0.2) is 9.97 Å². The van der Waals surface area contributed by atoms with Crippen molar-refractivity contribution in [2.24, 2.45) is 5.92 Å². The minimum Gasteiger partial charge on any atom is -0.395 e. The summed E-state index contributed by atoms with van der Waals surface area (Å²) >= 11 is 0. The molecule has 0 unspecified atom stereocenters. The fourth-order valence-corrected chi connectivity index (χ4v) is 1.41. The molecule has 0 aromatic carbocycles. The zero-order chi connectivity index (χ0) is 9.80. The third-order valence-electron chi connectivity index (χ3n) is 2.34. The van der Waals surface area contributed by atoms with E-state index in [0.29, 0.717) is 6.54 Å². The predicted octanol–water partition coefficient (Wildman–Crippen LogP) is 0.833. The van der Waals surface area contributed by atoms with E-state index in [4.69, 9.17) is 5.11 Å². The van der Waals surface area contributed by atoms with Gasteiger partial charge in [0.15, 0.2) is 0 Å². The lowest BCUT2D eigenvalue weighted by molar-refractivity contribution is 0.311. The third kappa shape index (κ3) is 2.67. The van der Waals surface area contributed by atoms with Crippen molar-refractivity contribution in [2.75, 3.05) is 18.5 Å². The molecule has 2 N–H and O–H groups in total. The van der Waals surface area contributed by atoms with Crippen LogP contribution in [0.5, 0.6) is 0 Å². The molecule has 0 atom stereocenters. The summed E-state index contributed by atoms with van der Waals surface area (Å²) in [6.07, 6.45) is 5.32. The molecule has 4 nitrogen and oxygen atoms in total. The van der Waals surface area contributed by atoms with Crippen LogP contribution in [-0.2, 0) is 6.42 Å². The van der Waals surface area contributed by atoms with Gasteiger partial charge in [0.2, 0.25) is 0 Å². The molecule has 1 aliphatic carbocycles. The smallest absolute Gasteiger partial charge is 0.129 e. The quantitative estimate of drug-likeness (QED) is 0.727. The minimum absolute atomic E-state index is 0.127. The standard InChI is InChI=1S/C10H15N3O/c14-4-3-11-10-6-9(12-7-13-10)5-8-1-2-8/h6-8,14H,1-5H2,(H,11,12,13). The van der Waals surface area contributed by atoms with Gasteiger partial charge in [-0.15, -0.1) is 0 Å². The Hall–Kier alpha value is -1.16. The Morgan fingerprint density at radius 2 is 2.29 bits per heavy atom. The average Bonchev–Trinajstić information content (AvgIpc) is 2.99. The number of aliphatic hydroxyl groups excluding tert-OH is 1. The second-order valence-electron chi connectivity index (χ2n) is 3.69. The Kier molecular flexibility index (Phi) is 2.93. The highest BCUT2D eigenvalue weighted by molar-refractivity contribution is 5.34. The number of anilines is 1. The number of nitrogens with zero attached hydrogens (tertiary/aromatic N) is 2. The van der Waals surface area contributed by atoms with Gasteiger partial charge >= 0.3 is 0 Å². The van der Waals surface area contributed by atoms with Crippen molar-refractivity contribution >= 4 is 5.82 Å². The molecule has 0 spiro atoms. The van der Waals surface area contributed by atoms with Crippen molar-refractivity contribution in [1.82, 2.24) is 9.97 Å². The summed E-state index contributed by atoms with van der Waals surface area (Å²) in [5.41, 5.74) is 1.10. The molecule has 1 saturated carbocycles. The lowest BCUT2D eigenvalue weighted by Gasteiger charge is -2.04. The number of rotatable bonds is 5. The molecule has 4 heteroatoms. The molecule has 1 heterocycles. The maximum Gasteiger partial charge on any atom is 0.129 e. The molecule has 0 bridgehead atoms. The first kappa shape index (κ1) is 9.40. The zero-order valence-electron chi connectivity index (χ0n) is 8.11. The SMILES string of the molecule is OCCNc1cc(CC2CC2)ncn1. The minimum atomic E-state index is 0.127. The largest absolute Gasteiger partial charge is 0.395 e. The maximum absolute atomic E-state index is 8.65. The Morgan fingerprint density at radius 1 is 1.43 bits per heavy atom. The van der Waals surface area contributed by atoms with E-state index in [1.165, 1.54) is 12.8 Å². The highest BCUT2D eigenvalue weighted by Gasteiger charge is 2.22. The number of hydrogen-bond donors (Lipinski definition) is 2. The van der Waals surface area contributed by atoms with Crippen LogP contribution in [0.1, 0.15) is 18.5 Å². The molecule has 1 aromatic heterocycles. The molecular formula is C10H15N3O. The van der Waals surface area contributed by atoms with E-state index in [2.05, 4.69) is 15.3 Å². The maximum atomic E-state index is 8.65. The Morgan fingerprint density at radius 3 is 3.00 bits per heavy atom. The normalized spacial score (nSPS) is 15.5. The first-order valence-corrected chi connectivity index (χ1v) is 5.04. The van der Waals surface area contributed by atoms with Crippen LogP contribution in [0.4, 0.5) is 5.82 Å². The first-order chi connectivity index (χ1) is 6.88. The van der Waals surface area contributed by atoms with E-state index in [1.807, 2.05) is 6.07 Å². The van der Waals surface area contributed by atoms with Crippen molar-refractivity contribution in [3.8, 4) is 0 Å². The van der Waals surface area contributed by atoms with Gasteiger partial charge in [-0.2, -0.15) is 0 Å². The Bertz CT molecular complexity index is 299. The highest BCUT2D eigenvalue weighted by atomic mass is 16.3. The lowest BCUT2D eigenvalue weighted by Crippen LogP contribution is -2.07. The Labute approximate surface area is 83.4 Å². The van der Waals surface area contributed by atoms with Crippen molar-refractivity contribution in [3.05, 3.63) is 18.1 Å². The molecule has 1 aromatic rings. The van der Waals surface area contributed by atoms with E-state index >= 15 is 0 Å². The second kappa shape index (κ2) is 4.37. The van der Waals surface area contributed by atoms with Crippen molar-refractivity contribution in [1.29, 1.82) is 0 Å². The van der Waals surface area contributed by atoms with Gasteiger partial charge in [0, 0.05) is 18.3 Å². The molecule has 0 saturated heterocycles. The summed E-state index contributed by atoms with van der Waals surface area (Å²) in [6.45, 7) is 0.668. The van der Waals surface area contributed by atoms with E-state index in [1.54, 1.807) is 6.33 Å². The molecule has 0 amide bonds. The van der Waals surface area contributed by atoms with Crippen LogP contribution in [-0.4, -0.2) is 28.2 Å². The molecule has 76 valence electrons. The van der Waals surface area contributed by atoms with E-state index in [0.717, 1.165) is 23.9 Å². The van der Waals surface area contributed by atoms with Crippen LogP contribution in [0.3, 0.4) is 0 Å². The summed E-state index contributed by atoms with van der Waals surface area (Å²) in [5, 5.41) is 11.7. The van der Waals surface area contributed by atoms with Crippen molar-refractivity contribution < 1.29 is 5.11 Å². The van der Waals surface area contributed by atoms with Gasteiger partial charge in [0.25, 0.3) is 0 Å². The second-order valence-corrected chi connectivity index (χ2v) is 3.69. The van der Waals surface area contributed by atoms with Crippen molar-refractivity contribution in [3.63, 3.8) is 0 Å². The molecule has 14 heavy (non-hydrogen) atoms. The van der Waals surface area contributed by atoms with E-state index < -0.39 is 0 Å². The predicted molar refractivity (Wildman–Crippen MR) is 54.0 cm³/mol. The molecule has 1 fully saturated rings. The highest BCUT2D eigenvalue weighted by Crippen LogP contribution is 2.32. The van der Waals surface area contributed by atoms with Crippen LogP contribution in [0.15, 0.2) is 12.4 Å². The molecule has 2 rings (SSSR count). The fourth-order valence-electron chi connectivity index (χ4n) is 1.41. The summed E-state index contributed by atoms with van der Waals surface area (Å²) in [4.78, 5) is 8.29. The first-order valence-electron chi connectivity index (χ1n) is 5.04. The van der Waals surface area contributed by atoms with Crippen LogP contribution < -0.4 is 5.32 Å². The Balaban J connectivity index is 1.94. The van der Waals surface area contributed by atoms with Crippen LogP contribution >= 0.6 is 0 Å². The van der Waals surface area contributed by atoms with Gasteiger partial charge in [-0.05, 0) is 25.2 Å². The van der Waals surface area contributed by atoms with Gasteiger partial charge in [-0.3, -0.25) is 0 Å². The summed E-state index contributed by atoms with van der Waals surface area (Å²) in [6, 6.07) is 1.97. The van der Waals surface area contributed by atoms with Crippen molar-refractivity contribution in [2.45, 2.75) is 19.3 Å². The number of aromatic nitrogens is 2. The van der Waals surface area contributed by atoms with E-state index in [-0.39, 0.29) is 6.61 Å². The monoisotopic (exact) mass is 193 g/mol. The van der Waals surface area contributed by atoms with Crippen LogP contribution in [0.25, 0.3) is 0 Å². The molecular weight excluding hydrogens is 178 g/mol. The number of hydrogen-bond acceptors (Lipinski definition) is 4. The zero-order valence-corrected chi connectivity index (χ0v) is 8.11. The van der Waals surface area contributed by atoms with Gasteiger partial charge in [0.1, 0.15) is 12.1 Å². The number of nitrogens with one attached hydrogen (secondary N) is 1. The molecule has 1 aliphatic rings. The average molecular weight is 193 g/mol. The summed E-state index contributed by atoms with van der Waals surface area (Å²) < 4.78 is 0. The summed E-state index contributed by atoms with van der Waals surface area (Å²) in [5.74, 6) is 1.65. The van der Waals surface area contributed by atoms with Gasteiger partial charge < -0.3 is 10.4 Å². The van der Waals surface area contributed by atoms with Crippen LogP contribution in [0, 0.1) is 5.92 Å². The third-order valence-corrected chi connectivity index (χ3v) is 2.34.